The Labute approximate surface area is 471 Å². The highest BCUT2D eigenvalue weighted by Gasteiger charge is 2.21. The topological polar surface area (TPSA) is 45.5 Å². The average molecular weight is 1050 g/mol. The zero-order chi connectivity index (χ0) is 53.8. The summed E-state index contributed by atoms with van der Waals surface area (Å²) in [4.78, 5) is 11.0. The molecule has 5 aromatic heterocycles. The van der Waals surface area contributed by atoms with E-state index in [-0.39, 0.29) is 0 Å². The minimum Gasteiger partial charge on any atom is -0.309 e. The first kappa shape index (κ1) is 45.9. The monoisotopic (exact) mass is 1040 g/mol. The van der Waals surface area contributed by atoms with E-state index in [0.29, 0.717) is 5.95 Å². The highest BCUT2D eigenvalue weighted by atomic mass is 15.2. The first-order chi connectivity index (χ1) is 40.7. The van der Waals surface area contributed by atoms with Gasteiger partial charge in [0.15, 0.2) is 0 Å². The Bertz CT molecular complexity index is 5390. The van der Waals surface area contributed by atoms with Crippen molar-refractivity contribution in [2.24, 2.45) is 0 Å². The van der Waals surface area contributed by atoms with Gasteiger partial charge in [-0.1, -0.05) is 182 Å². The molecule has 0 amide bonds. The van der Waals surface area contributed by atoms with E-state index in [1.54, 1.807) is 0 Å². The second-order valence-electron chi connectivity index (χ2n) is 21.4. The SMILES string of the molecule is c1ccc(-c2cc(-c3cccc(-n4c5ccccc5c5ccc(-c6ccc7c(c6)c6ccccc6n7-c6ccccc6)cc54)c3)nc(-n3c4ccccc4c4cc(-c5ccc6c(c5)c5ccccc5n6-c5ccccc5)ccc43)n2)cc1. The first-order valence-corrected chi connectivity index (χ1v) is 28.0. The lowest BCUT2D eigenvalue weighted by Gasteiger charge is -2.14. The standard InChI is InChI=1S/C76H48N6/c1-4-19-49(20-5-1)66-48-67(78-76(77-66)82-71-34-17-13-30-61(71)65-45-51(38-42-74(65)82)50-36-40-72-63(44-50)59-28-11-15-32-69(59)79(72)55-22-6-2-7-23-55)54-21-18-26-57(43-54)81-68-31-14-10-27-58(68)62-39-35-53(47-75(62)81)52-37-41-73-64(46-52)60-29-12-16-33-70(60)80(73)56-24-8-3-9-25-56/h1-48H. The van der Waals surface area contributed by atoms with Crippen LogP contribution < -0.4 is 0 Å². The summed E-state index contributed by atoms with van der Waals surface area (Å²) in [5.74, 6) is 0.612. The van der Waals surface area contributed by atoms with Gasteiger partial charge in [-0.15, -0.1) is 0 Å². The largest absolute Gasteiger partial charge is 0.309 e. The third-order valence-corrected chi connectivity index (χ3v) is 16.8. The van der Waals surface area contributed by atoms with Crippen molar-refractivity contribution in [1.29, 1.82) is 0 Å². The van der Waals surface area contributed by atoms with Crippen LogP contribution in [0.25, 0.3) is 155 Å². The summed E-state index contributed by atoms with van der Waals surface area (Å²) in [5.41, 5.74) is 20.8. The van der Waals surface area contributed by atoms with Gasteiger partial charge in [-0.3, -0.25) is 4.57 Å². The van der Waals surface area contributed by atoms with Crippen molar-refractivity contribution in [2.45, 2.75) is 0 Å². The first-order valence-electron chi connectivity index (χ1n) is 28.0. The summed E-state index contributed by atoms with van der Waals surface area (Å²) in [5, 5.41) is 9.61. The van der Waals surface area contributed by atoms with Crippen LogP contribution in [0.5, 0.6) is 0 Å². The van der Waals surface area contributed by atoms with Crippen LogP contribution >= 0.6 is 0 Å². The number of hydrogen-bond donors (Lipinski definition) is 0. The van der Waals surface area contributed by atoms with Crippen molar-refractivity contribution < 1.29 is 0 Å². The van der Waals surface area contributed by atoms with Crippen molar-refractivity contribution in [3.05, 3.63) is 291 Å². The predicted octanol–water partition coefficient (Wildman–Crippen LogP) is 19.5. The number of rotatable bonds is 8. The smallest absolute Gasteiger partial charge is 0.235 e. The van der Waals surface area contributed by atoms with Crippen LogP contribution in [0, 0.1) is 0 Å². The molecule has 0 unspecified atom stereocenters. The van der Waals surface area contributed by atoms with E-state index in [4.69, 9.17) is 9.97 Å². The molecule has 0 saturated heterocycles. The highest BCUT2D eigenvalue weighted by molar-refractivity contribution is 6.14. The van der Waals surface area contributed by atoms with E-state index in [2.05, 4.69) is 309 Å². The maximum atomic E-state index is 5.55. The minimum atomic E-state index is 0.612. The molecule has 6 nitrogen and oxygen atoms in total. The van der Waals surface area contributed by atoms with E-state index in [9.17, 15) is 0 Å². The highest BCUT2D eigenvalue weighted by Crippen LogP contribution is 2.42. The summed E-state index contributed by atoms with van der Waals surface area (Å²) in [6.07, 6.45) is 0. The molecule has 0 N–H and O–H groups in total. The molecule has 82 heavy (non-hydrogen) atoms. The van der Waals surface area contributed by atoms with Crippen molar-refractivity contribution in [3.63, 3.8) is 0 Å². The molecular formula is C76H48N6. The molecule has 0 bridgehead atoms. The van der Waals surface area contributed by atoms with Gasteiger partial charge in [0.2, 0.25) is 5.95 Å². The molecule has 0 aliphatic heterocycles. The summed E-state index contributed by atoms with van der Waals surface area (Å²) in [7, 11) is 0. The second-order valence-corrected chi connectivity index (χ2v) is 21.4. The molecule has 0 radical (unpaired) electrons. The lowest BCUT2D eigenvalue weighted by molar-refractivity contribution is 0.995. The van der Waals surface area contributed by atoms with Crippen molar-refractivity contribution in [1.82, 2.24) is 28.2 Å². The minimum absolute atomic E-state index is 0.612. The molecule has 5 heterocycles. The summed E-state index contributed by atoms with van der Waals surface area (Å²) in [6.45, 7) is 0. The van der Waals surface area contributed by atoms with Crippen molar-refractivity contribution in [3.8, 4) is 67.8 Å². The number of para-hydroxylation sites is 6. The van der Waals surface area contributed by atoms with E-state index in [1.807, 2.05) is 0 Å². The van der Waals surface area contributed by atoms with Gasteiger partial charge >= 0.3 is 0 Å². The fraction of sp³-hybridized carbons (Fsp3) is 0. The van der Waals surface area contributed by atoms with Gasteiger partial charge in [0.1, 0.15) is 0 Å². The average Bonchev–Trinajstić information content (AvgIpc) is 4.47. The number of aromatic nitrogens is 6. The van der Waals surface area contributed by atoms with Crippen LogP contribution in [0.4, 0.5) is 0 Å². The number of fused-ring (bicyclic) bond motifs is 12. The normalized spacial score (nSPS) is 11.9. The van der Waals surface area contributed by atoms with Gasteiger partial charge in [0, 0.05) is 71.3 Å². The Kier molecular flexibility index (Phi) is 10.2. The van der Waals surface area contributed by atoms with E-state index < -0.39 is 0 Å². The van der Waals surface area contributed by atoms with Crippen LogP contribution in [0.1, 0.15) is 0 Å². The third kappa shape index (κ3) is 7.15. The third-order valence-electron chi connectivity index (χ3n) is 16.8. The molecule has 12 aromatic carbocycles. The Morgan fingerprint density at radius 2 is 0.524 bits per heavy atom. The lowest BCUT2D eigenvalue weighted by atomic mass is 10.0. The molecule has 0 atom stereocenters. The van der Waals surface area contributed by atoms with Crippen LogP contribution in [0.15, 0.2) is 291 Å². The lowest BCUT2D eigenvalue weighted by Crippen LogP contribution is -2.04. The van der Waals surface area contributed by atoms with Gasteiger partial charge in [-0.2, -0.15) is 0 Å². The van der Waals surface area contributed by atoms with Gasteiger partial charge in [-0.25, -0.2) is 9.97 Å². The molecule has 0 aliphatic rings. The second kappa shape index (κ2) is 18.2. The summed E-state index contributed by atoms with van der Waals surface area (Å²) in [6, 6.07) is 105. The molecule has 6 heteroatoms. The van der Waals surface area contributed by atoms with E-state index in [1.165, 1.54) is 59.9 Å². The molecule has 0 saturated carbocycles. The van der Waals surface area contributed by atoms with Gasteiger partial charge in [-0.05, 0) is 131 Å². The van der Waals surface area contributed by atoms with Crippen LogP contribution in [-0.2, 0) is 0 Å². The molecule has 17 aromatic rings. The molecule has 0 aliphatic carbocycles. The maximum Gasteiger partial charge on any atom is 0.235 e. The Balaban J connectivity index is 0.801. The molecule has 0 fully saturated rings. The number of nitrogens with zero attached hydrogens (tertiary/aromatic N) is 6. The van der Waals surface area contributed by atoms with Crippen LogP contribution in [0.2, 0.25) is 0 Å². The fourth-order valence-electron chi connectivity index (χ4n) is 13.1. The Morgan fingerprint density at radius 3 is 1.04 bits per heavy atom. The zero-order valence-corrected chi connectivity index (χ0v) is 44.4. The quantitative estimate of drug-likeness (QED) is 0.152. The van der Waals surface area contributed by atoms with Crippen molar-refractivity contribution in [2.75, 3.05) is 0 Å². The van der Waals surface area contributed by atoms with Gasteiger partial charge in [0.25, 0.3) is 0 Å². The van der Waals surface area contributed by atoms with Crippen LogP contribution in [0.3, 0.4) is 0 Å². The van der Waals surface area contributed by atoms with E-state index >= 15 is 0 Å². The maximum absolute atomic E-state index is 5.55. The molecule has 17 rings (SSSR count). The molecule has 382 valence electrons. The summed E-state index contributed by atoms with van der Waals surface area (Å²) >= 11 is 0. The Hall–Kier alpha value is -11.1. The van der Waals surface area contributed by atoms with E-state index in [0.717, 1.165) is 89.1 Å². The number of hydrogen-bond acceptors (Lipinski definition) is 2. The number of benzene rings is 12. The van der Waals surface area contributed by atoms with Gasteiger partial charge in [0.05, 0.1) is 55.5 Å². The molecule has 0 spiro atoms. The molecular weight excluding hydrogens is 997 g/mol. The summed E-state index contributed by atoms with van der Waals surface area (Å²) < 4.78 is 9.41. The Morgan fingerprint density at radius 1 is 0.183 bits per heavy atom. The van der Waals surface area contributed by atoms with Gasteiger partial charge < -0.3 is 13.7 Å². The predicted molar refractivity (Wildman–Crippen MR) is 341 cm³/mol. The van der Waals surface area contributed by atoms with Crippen molar-refractivity contribution >= 4 is 87.2 Å². The zero-order valence-electron chi connectivity index (χ0n) is 44.4. The van der Waals surface area contributed by atoms with Crippen LogP contribution in [-0.4, -0.2) is 28.2 Å². The fourth-order valence-corrected chi connectivity index (χ4v) is 13.1.